The average Bonchev–Trinajstić information content (AvgIpc) is 3.46. The number of pyridine rings is 1. The lowest BCUT2D eigenvalue weighted by Crippen LogP contribution is -2.44. The van der Waals surface area contributed by atoms with Gasteiger partial charge in [-0.25, -0.2) is 14.4 Å². The maximum Gasteiger partial charge on any atom is 0.191 e. The number of aliphatic imine (C=N–C) groups is 1. The molecule has 3 aromatic rings. The first kappa shape index (κ1) is 24.4. The number of guanidine groups is 1. The zero-order valence-corrected chi connectivity index (χ0v) is 21.1. The Labute approximate surface area is 209 Å². The molecule has 1 atom stereocenters. The van der Waals surface area contributed by atoms with Crippen LogP contribution in [0.3, 0.4) is 0 Å². The van der Waals surface area contributed by atoms with Crippen LogP contribution in [-0.4, -0.2) is 42.1 Å². The van der Waals surface area contributed by atoms with E-state index in [2.05, 4.69) is 50.3 Å². The molecule has 1 aromatic carbocycles. The fourth-order valence-electron chi connectivity index (χ4n) is 3.68. The van der Waals surface area contributed by atoms with Crippen molar-refractivity contribution in [3.8, 4) is 0 Å². The van der Waals surface area contributed by atoms with Crippen LogP contribution in [0.15, 0.2) is 59.0 Å². The van der Waals surface area contributed by atoms with Gasteiger partial charge in [-0.3, -0.25) is 4.99 Å². The van der Waals surface area contributed by atoms with Gasteiger partial charge in [-0.15, -0.1) is 35.3 Å². The van der Waals surface area contributed by atoms with Gasteiger partial charge in [0.25, 0.3) is 0 Å². The van der Waals surface area contributed by atoms with Gasteiger partial charge in [-0.05, 0) is 30.5 Å². The maximum absolute atomic E-state index is 14.0. The normalized spacial score (nSPS) is 16.0. The highest BCUT2D eigenvalue weighted by Gasteiger charge is 2.25. The predicted octanol–water partition coefficient (Wildman–Crippen LogP) is 4.02. The number of anilines is 1. The van der Waals surface area contributed by atoms with Crippen molar-refractivity contribution in [1.82, 2.24) is 20.6 Å². The summed E-state index contributed by atoms with van der Waals surface area (Å²) in [5.41, 5.74) is 2.35. The monoisotopic (exact) mass is 566 g/mol. The van der Waals surface area contributed by atoms with E-state index in [0.717, 1.165) is 42.5 Å². The molecule has 0 aliphatic carbocycles. The molecule has 6 nitrogen and oxygen atoms in total. The minimum Gasteiger partial charge on any atom is -0.352 e. The Balaban J connectivity index is 0.00000289. The van der Waals surface area contributed by atoms with Crippen molar-refractivity contribution < 1.29 is 4.39 Å². The molecule has 1 fully saturated rings. The number of hydrogen-bond acceptors (Lipinski definition) is 5. The molecule has 3 heterocycles. The van der Waals surface area contributed by atoms with E-state index in [1.165, 1.54) is 11.6 Å². The summed E-state index contributed by atoms with van der Waals surface area (Å²) >= 11 is 1.70. The maximum atomic E-state index is 14.0. The molecular formula is C23H28FIN6S. The first-order chi connectivity index (χ1) is 15.2. The Hall–Kier alpha value is -2.27. The van der Waals surface area contributed by atoms with E-state index in [4.69, 9.17) is 4.98 Å². The van der Waals surface area contributed by atoms with Crippen molar-refractivity contribution in [1.29, 1.82) is 0 Å². The number of nitrogens with one attached hydrogen (secondary N) is 2. The number of benzene rings is 1. The number of aryl methyl sites for hydroxylation is 2. The summed E-state index contributed by atoms with van der Waals surface area (Å²) in [6.45, 7) is 2.07. The second-order valence-electron chi connectivity index (χ2n) is 7.53. The van der Waals surface area contributed by atoms with Crippen molar-refractivity contribution in [3.05, 3.63) is 76.1 Å². The number of halogens is 2. The van der Waals surface area contributed by atoms with E-state index in [1.54, 1.807) is 30.6 Å². The standard InChI is InChI=1S/C23H27FN6S.HI/c1-25-23(29-18-11-13-30(15-18)22-20(24)8-5-12-26-22)27-14-19-16-31-21(28-19)10-9-17-6-3-2-4-7-17;/h2-8,12,16,18H,9-11,13-15H2,1H3,(H2,25,27,29);1H. The van der Waals surface area contributed by atoms with Crippen LogP contribution in [0.2, 0.25) is 0 Å². The van der Waals surface area contributed by atoms with Gasteiger partial charge >= 0.3 is 0 Å². The molecule has 0 radical (unpaired) electrons. The first-order valence-electron chi connectivity index (χ1n) is 10.5. The van der Waals surface area contributed by atoms with Crippen LogP contribution in [-0.2, 0) is 19.4 Å². The number of aromatic nitrogens is 2. The van der Waals surface area contributed by atoms with Crippen molar-refractivity contribution >= 4 is 47.1 Å². The molecule has 2 N–H and O–H groups in total. The second-order valence-corrected chi connectivity index (χ2v) is 8.47. The largest absolute Gasteiger partial charge is 0.352 e. The third-order valence-electron chi connectivity index (χ3n) is 5.30. The lowest BCUT2D eigenvalue weighted by atomic mass is 10.1. The van der Waals surface area contributed by atoms with E-state index in [1.807, 2.05) is 11.0 Å². The van der Waals surface area contributed by atoms with Crippen LogP contribution >= 0.6 is 35.3 Å². The van der Waals surface area contributed by atoms with Crippen LogP contribution in [0.25, 0.3) is 0 Å². The Morgan fingerprint density at radius 2 is 2.06 bits per heavy atom. The van der Waals surface area contributed by atoms with Crippen LogP contribution in [0.5, 0.6) is 0 Å². The van der Waals surface area contributed by atoms with Gasteiger partial charge in [0.1, 0.15) is 0 Å². The molecule has 1 unspecified atom stereocenters. The third kappa shape index (κ3) is 6.61. The molecule has 9 heteroatoms. The number of rotatable bonds is 7. The smallest absolute Gasteiger partial charge is 0.191 e. The van der Waals surface area contributed by atoms with Crippen molar-refractivity contribution in [2.75, 3.05) is 25.0 Å². The molecule has 0 saturated carbocycles. The Morgan fingerprint density at radius 1 is 1.22 bits per heavy atom. The van der Waals surface area contributed by atoms with Gasteiger partial charge in [0.2, 0.25) is 0 Å². The Kier molecular flexibility index (Phi) is 9.22. The molecule has 2 aromatic heterocycles. The zero-order valence-electron chi connectivity index (χ0n) is 18.0. The topological polar surface area (TPSA) is 65.4 Å². The predicted molar refractivity (Wildman–Crippen MR) is 140 cm³/mol. The van der Waals surface area contributed by atoms with Crippen LogP contribution in [0.1, 0.15) is 22.7 Å². The number of hydrogen-bond donors (Lipinski definition) is 2. The lowest BCUT2D eigenvalue weighted by molar-refractivity contribution is 0.612. The molecule has 0 amide bonds. The van der Waals surface area contributed by atoms with E-state index in [0.29, 0.717) is 18.9 Å². The number of thiazole rings is 1. The summed E-state index contributed by atoms with van der Waals surface area (Å²) in [6, 6.07) is 13.7. The summed E-state index contributed by atoms with van der Waals surface area (Å²) in [6.07, 6.45) is 4.47. The summed E-state index contributed by atoms with van der Waals surface area (Å²) in [4.78, 5) is 15.2. The molecule has 0 bridgehead atoms. The average molecular weight is 566 g/mol. The minimum atomic E-state index is -0.280. The first-order valence-corrected chi connectivity index (χ1v) is 11.4. The van der Waals surface area contributed by atoms with Crippen molar-refractivity contribution in [3.63, 3.8) is 0 Å². The molecule has 1 aliphatic rings. The SMILES string of the molecule is CN=C(NCc1csc(CCc2ccccc2)n1)NC1CCN(c2ncccc2F)C1.I. The lowest BCUT2D eigenvalue weighted by Gasteiger charge is -2.19. The molecule has 4 rings (SSSR count). The summed E-state index contributed by atoms with van der Waals surface area (Å²) in [5, 5.41) is 10.0. The van der Waals surface area contributed by atoms with Crippen molar-refractivity contribution in [2.24, 2.45) is 4.99 Å². The molecule has 1 saturated heterocycles. The van der Waals surface area contributed by atoms with Gasteiger partial charge in [-0.2, -0.15) is 0 Å². The van der Waals surface area contributed by atoms with Crippen LogP contribution < -0.4 is 15.5 Å². The Bertz CT molecular complexity index is 1010. The molecular weight excluding hydrogens is 538 g/mol. The second kappa shape index (κ2) is 12.1. The third-order valence-corrected chi connectivity index (χ3v) is 6.26. The molecule has 0 spiro atoms. The molecule has 170 valence electrons. The molecule has 1 aliphatic heterocycles. The summed E-state index contributed by atoms with van der Waals surface area (Å²) < 4.78 is 14.0. The summed E-state index contributed by atoms with van der Waals surface area (Å²) in [5.74, 6) is 0.865. The quantitative estimate of drug-likeness (QED) is 0.257. The van der Waals surface area contributed by atoms with E-state index < -0.39 is 0 Å². The highest BCUT2D eigenvalue weighted by molar-refractivity contribution is 14.0. The highest BCUT2D eigenvalue weighted by Crippen LogP contribution is 2.20. The van der Waals surface area contributed by atoms with Gasteiger partial charge < -0.3 is 15.5 Å². The van der Waals surface area contributed by atoms with Gasteiger partial charge in [0.05, 0.1) is 17.2 Å². The van der Waals surface area contributed by atoms with Crippen LogP contribution in [0, 0.1) is 5.82 Å². The fourth-order valence-corrected chi connectivity index (χ4v) is 4.48. The molecule has 32 heavy (non-hydrogen) atoms. The minimum absolute atomic E-state index is 0. The van der Waals surface area contributed by atoms with E-state index >= 15 is 0 Å². The van der Waals surface area contributed by atoms with Gasteiger partial charge in [0, 0.05) is 44.2 Å². The zero-order chi connectivity index (χ0) is 21.5. The van der Waals surface area contributed by atoms with Crippen molar-refractivity contribution in [2.45, 2.75) is 31.8 Å². The van der Waals surface area contributed by atoms with Gasteiger partial charge in [-0.1, -0.05) is 30.3 Å². The van der Waals surface area contributed by atoms with E-state index in [9.17, 15) is 4.39 Å². The van der Waals surface area contributed by atoms with E-state index in [-0.39, 0.29) is 35.8 Å². The van der Waals surface area contributed by atoms with Gasteiger partial charge in [0.15, 0.2) is 17.6 Å². The highest BCUT2D eigenvalue weighted by atomic mass is 127. The van der Waals surface area contributed by atoms with Crippen LogP contribution in [0.4, 0.5) is 10.2 Å². The Morgan fingerprint density at radius 3 is 2.84 bits per heavy atom. The number of nitrogens with zero attached hydrogens (tertiary/aromatic N) is 4. The summed E-state index contributed by atoms with van der Waals surface area (Å²) in [7, 11) is 1.76. The fraction of sp³-hybridized carbons (Fsp3) is 0.348.